The van der Waals surface area contributed by atoms with Crippen LogP contribution >= 0.6 is 0 Å². The largest absolute Gasteiger partial charge is 0.309 e. The van der Waals surface area contributed by atoms with Crippen LogP contribution in [0.3, 0.4) is 0 Å². The van der Waals surface area contributed by atoms with Crippen molar-refractivity contribution in [3.05, 3.63) is 11.9 Å². The van der Waals surface area contributed by atoms with E-state index in [1.54, 1.807) is 0 Å². The zero-order chi connectivity index (χ0) is 14.8. The summed E-state index contributed by atoms with van der Waals surface area (Å²) in [6, 6.07) is 0. The second-order valence-corrected chi connectivity index (χ2v) is 7.25. The van der Waals surface area contributed by atoms with Crippen LogP contribution in [0.2, 0.25) is 0 Å². The first-order valence-corrected chi connectivity index (χ1v) is 7.63. The van der Waals surface area contributed by atoms with Gasteiger partial charge in [0, 0.05) is 18.6 Å². The quantitative estimate of drug-likeness (QED) is 0.895. The fourth-order valence-corrected chi connectivity index (χ4v) is 2.95. The summed E-state index contributed by atoms with van der Waals surface area (Å²) in [7, 11) is 4.39. The molecule has 0 bridgehead atoms. The standard InChI is InChI=1S/C15H29N5/c1-14(2,3)20-11-13(17-18-20)10-16-12-15(19(4)5)8-6-7-9-15/h11,16H,6-10,12H2,1-5H3. The molecule has 0 aromatic carbocycles. The molecular weight excluding hydrogens is 250 g/mol. The van der Waals surface area contributed by atoms with Crippen molar-refractivity contribution >= 4 is 0 Å². The van der Waals surface area contributed by atoms with E-state index in [2.05, 4.69) is 55.4 Å². The minimum Gasteiger partial charge on any atom is -0.309 e. The molecule has 1 fully saturated rings. The molecule has 0 atom stereocenters. The van der Waals surface area contributed by atoms with Crippen LogP contribution in [-0.4, -0.2) is 46.1 Å². The second-order valence-electron chi connectivity index (χ2n) is 7.25. The molecule has 5 heteroatoms. The number of hydrogen-bond acceptors (Lipinski definition) is 4. The lowest BCUT2D eigenvalue weighted by molar-refractivity contribution is 0.153. The maximum atomic E-state index is 4.25. The highest BCUT2D eigenvalue weighted by atomic mass is 15.4. The fraction of sp³-hybridized carbons (Fsp3) is 0.867. The molecule has 2 rings (SSSR count). The predicted octanol–water partition coefficient (Wildman–Crippen LogP) is 2.00. The summed E-state index contributed by atoms with van der Waals surface area (Å²) in [5, 5.41) is 12.0. The molecule has 0 radical (unpaired) electrons. The van der Waals surface area contributed by atoms with E-state index in [0.29, 0.717) is 5.54 Å². The highest BCUT2D eigenvalue weighted by molar-refractivity contribution is 4.98. The smallest absolute Gasteiger partial charge is 0.0965 e. The van der Waals surface area contributed by atoms with Crippen LogP contribution in [0.4, 0.5) is 0 Å². The van der Waals surface area contributed by atoms with Crippen LogP contribution in [0.1, 0.15) is 52.1 Å². The summed E-state index contributed by atoms with van der Waals surface area (Å²) in [5.41, 5.74) is 1.36. The first-order valence-electron chi connectivity index (χ1n) is 7.63. The van der Waals surface area contributed by atoms with E-state index in [4.69, 9.17) is 0 Å². The van der Waals surface area contributed by atoms with E-state index in [9.17, 15) is 0 Å². The zero-order valence-corrected chi connectivity index (χ0v) is 13.6. The molecule has 0 unspecified atom stereocenters. The van der Waals surface area contributed by atoms with Crippen LogP contribution < -0.4 is 5.32 Å². The van der Waals surface area contributed by atoms with Crippen molar-refractivity contribution < 1.29 is 0 Å². The Labute approximate surface area is 122 Å². The molecule has 114 valence electrons. The molecule has 1 N–H and O–H groups in total. The van der Waals surface area contributed by atoms with Crippen molar-refractivity contribution in [3.8, 4) is 0 Å². The van der Waals surface area contributed by atoms with Crippen LogP contribution in [0.15, 0.2) is 6.20 Å². The topological polar surface area (TPSA) is 46.0 Å². The average Bonchev–Trinajstić information content (AvgIpc) is 2.97. The van der Waals surface area contributed by atoms with E-state index in [1.165, 1.54) is 25.7 Å². The lowest BCUT2D eigenvalue weighted by Crippen LogP contribution is -2.49. The highest BCUT2D eigenvalue weighted by Gasteiger charge is 2.35. The molecule has 20 heavy (non-hydrogen) atoms. The molecule has 1 aliphatic rings. The molecule has 1 aromatic heterocycles. The van der Waals surface area contributed by atoms with Crippen LogP contribution in [-0.2, 0) is 12.1 Å². The summed E-state index contributed by atoms with van der Waals surface area (Å²) < 4.78 is 1.93. The van der Waals surface area contributed by atoms with E-state index < -0.39 is 0 Å². The van der Waals surface area contributed by atoms with E-state index >= 15 is 0 Å². The van der Waals surface area contributed by atoms with Gasteiger partial charge in [-0.05, 0) is 47.7 Å². The van der Waals surface area contributed by atoms with Gasteiger partial charge in [0.05, 0.1) is 17.4 Å². The Morgan fingerprint density at radius 3 is 2.45 bits per heavy atom. The maximum Gasteiger partial charge on any atom is 0.0965 e. The fourth-order valence-electron chi connectivity index (χ4n) is 2.95. The Morgan fingerprint density at radius 2 is 1.95 bits per heavy atom. The number of nitrogens with one attached hydrogen (secondary N) is 1. The monoisotopic (exact) mass is 279 g/mol. The van der Waals surface area contributed by atoms with Gasteiger partial charge >= 0.3 is 0 Å². The summed E-state index contributed by atoms with van der Waals surface area (Å²) in [4.78, 5) is 2.39. The van der Waals surface area contributed by atoms with Gasteiger partial charge in [-0.15, -0.1) is 5.10 Å². The van der Waals surface area contributed by atoms with Gasteiger partial charge in [0.2, 0.25) is 0 Å². The molecular formula is C15H29N5. The van der Waals surface area contributed by atoms with Crippen molar-refractivity contribution in [2.75, 3.05) is 20.6 Å². The zero-order valence-electron chi connectivity index (χ0n) is 13.6. The lowest BCUT2D eigenvalue weighted by Gasteiger charge is -2.36. The van der Waals surface area contributed by atoms with Crippen molar-refractivity contribution in [1.82, 2.24) is 25.2 Å². The lowest BCUT2D eigenvalue weighted by atomic mass is 9.96. The van der Waals surface area contributed by atoms with Gasteiger partial charge in [-0.25, -0.2) is 4.68 Å². The minimum absolute atomic E-state index is 0.00155. The molecule has 0 aliphatic heterocycles. The first kappa shape index (κ1) is 15.4. The number of rotatable bonds is 5. The molecule has 1 heterocycles. The number of aromatic nitrogens is 3. The summed E-state index contributed by atoms with van der Waals surface area (Å²) in [6.45, 7) is 8.24. The van der Waals surface area contributed by atoms with Crippen molar-refractivity contribution in [2.24, 2.45) is 0 Å². The number of nitrogens with zero attached hydrogens (tertiary/aromatic N) is 4. The van der Waals surface area contributed by atoms with Crippen LogP contribution in [0, 0.1) is 0 Å². The molecule has 1 aromatic rings. The summed E-state index contributed by atoms with van der Waals surface area (Å²) in [5.74, 6) is 0. The van der Waals surface area contributed by atoms with Crippen molar-refractivity contribution in [3.63, 3.8) is 0 Å². The summed E-state index contributed by atoms with van der Waals surface area (Å²) >= 11 is 0. The normalized spacial score (nSPS) is 18.9. The third-order valence-corrected chi connectivity index (χ3v) is 4.47. The first-order chi connectivity index (χ1) is 9.33. The predicted molar refractivity (Wildman–Crippen MR) is 81.6 cm³/mol. The molecule has 5 nitrogen and oxygen atoms in total. The second kappa shape index (κ2) is 5.82. The third-order valence-electron chi connectivity index (χ3n) is 4.47. The Bertz CT molecular complexity index is 424. The van der Waals surface area contributed by atoms with Crippen molar-refractivity contribution in [1.29, 1.82) is 0 Å². The molecule has 1 aliphatic carbocycles. The van der Waals surface area contributed by atoms with Gasteiger partial charge in [0.15, 0.2) is 0 Å². The van der Waals surface area contributed by atoms with Gasteiger partial charge < -0.3 is 10.2 Å². The van der Waals surface area contributed by atoms with Crippen LogP contribution in [0.25, 0.3) is 0 Å². The van der Waals surface area contributed by atoms with E-state index in [0.717, 1.165) is 18.8 Å². The maximum absolute atomic E-state index is 4.25. The molecule has 0 saturated heterocycles. The number of hydrogen-bond donors (Lipinski definition) is 1. The highest BCUT2D eigenvalue weighted by Crippen LogP contribution is 2.33. The van der Waals surface area contributed by atoms with E-state index in [-0.39, 0.29) is 5.54 Å². The van der Waals surface area contributed by atoms with Crippen LogP contribution in [0.5, 0.6) is 0 Å². The Kier molecular flexibility index (Phi) is 4.49. The SMILES string of the molecule is CN(C)C1(CNCc2cn(C(C)(C)C)nn2)CCCC1. The minimum atomic E-state index is 0.00155. The van der Waals surface area contributed by atoms with Gasteiger partial charge in [-0.2, -0.15) is 0 Å². The Balaban J connectivity index is 1.88. The number of likely N-dealkylation sites (N-methyl/N-ethyl adjacent to an activating group) is 1. The molecule has 0 spiro atoms. The van der Waals surface area contributed by atoms with Gasteiger partial charge in [-0.1, -0.05) is 18.1 Å². The van der Waals surface area contributed by atoms with Gasteiger partial charge in [-0.3, -0.25) is 0 Å². The molecule has 1 saturated carbocycles. The molecule has 0 amide bonds. The Hall–Kier alpha value is -0.940. The van der Waals surface area contributed by atoms with Gasteiger partial charge in [0.1, 0.15) is 0 Å². The average molecular weight is 279 g/mol. The van der Waals surface area contributed by atoms with E-state index in [1.807, 2.05) is 10.9 Å². The van der Waals surface area contributed by atoms with Gasteiger partial charge in [0.25, 0.3) is 0 Å². The van der Waals surface area contributed by atoms with Crippen molar-refractivity contribution in [2.45, 2.75) is 64.1 Å². The third kappa shape index (κ3) is 3.38. The Morgan fingerprint density at radius 1 is 1.30 bits per heavy atom. The summed E-state index contributed by atoms with van der Waals surface area (Å²) in [6.07, 6.45) is 7.33.